The van der Waals surface area contributed by atoms with E-state index in [0.29, 0.717) is 0 Å². The summed E-state index contributed by atoms with van der Waals surface area (Å²) in [5.41, 5.74) is -0.868. The largest absolute Gasteiger partial charge is 0.387 e. The Bertz CT molecular complexity index is 1580. The Morgan fingerprint density at radius 2 is 0.775 bits per heavy atom. The summed E-state index contributed by atoms with van der Waals surface area (Å²) in [5, 5.41) is -0.506. The highest BCUT2D eigenvalue weighted by Crippen LogP contribution is 2.34. The summed E-state index contributed by atoms with van der Waals surface area (Å²) in [7, 11) is 0. The van der Waals surface area contributed by atoms with Gasteiger partial charge in [-0.2, -0.15) is 0 Å². The molecule has 202 valence electrons. The van der Waals surface area contributed by atoms with E-state index in [4.69, 9.17) is 69.6 Å². The van der Waals surface area contributed by atoms with Gasteiger partial charge in [-0.25, -0.2) is 19.4 Å². The minimum Gasteiger partial charge on any atom is -0.288 e. The van der Waals surface area contributed by atoms with Crippen LogP contribution in [0.1, 0.15) is 52.6 Å². The number of carbonyl (C=O) groups is 4. The summed E-state index contributed by atoms with van der Waals surface area (Å²) in [6.07, 6.45) is 0. The van der Waals surface area contributed by atoms with Crippen molar-refractivity contribution in [3.63, 3.8) is 0 Å². The zero-order valence-electron chi connectivity index (χ0n) is 19.6. The SMILES string of the molecule is O=C(OOC(=O)c1ccc(Cl)c(C(=O)c2ccccc2Cl)c1Cl)c1ccc(Cl)c(C(=O)c2ccccc2Cl)c1Cl. The summed E-state index contributed by atoms with van der Waals surface area (Å²) in [5.74, 6) is -3.73. The standard InChI is InChI=1S/C28H12Cl6O6/c29-17-7-3-1-5-13(17)25(35)21-19(31)11-9-15(23(21)33)27(37)39-40-28(38)16-10-12-20(32)22(24(16)34)26(36)14-6-2-4-8-18(14)30/h1-12H. The normalized spacial score (nSPS) is 10.7. The Labute approximate surface area is 257 Å². The lowest BCUT2D eigenvalue weighted by molar-refractivity contribution is -0.187. The van der Waals surface area contributed by atoms with Crippen LogP contribution in [0, 0.1) is 0 Å². The first-order valence-electron chi connectivity index (χ1n) is 11.0. The van der Waals surface area contributed by atoms with Crippen LogP contribution in [-0.2, 0) is 9.78 Å². The molecule has 0 bridgehead atoms. The van der Waals surface area contributed by atoms with Gasteiger partial charge < -0.3 is 0 Å². The Morgan fingerprint density at radius 1 is 0.425 bits per heavy atom. The second-order valence-corrected chi connectivity index (χ2v) is 10.3. The lowest BCUT2D eigenvalue weighted by atomic mass is 10.0. The number of hydrogen-bond donors (Lipinski definition) is 0. The van der Waals surface area contributed by atoms with Gasteiger partial charge in [0.1, 0.15) is 0 Å². The maximum absolute atomic E-state index is 13.1. The zero-order valence-corrected chi connectivity index (χ0v) is 24.2. The van der Waals surface area contributed by atoms with E-state index in [-0.39, 0.29) is 63.5 Å². The molecule has 4 rings (SSSR count). The third kappa shape index (κ3) is 5.98. The van der Waals surface area contributed by atoms with Crippen molar-refractivity contribution in [3.05, 3.63) is 136 Å². The van der Waals surface area contributed by atoms with Crippen molar-refractivity contribution >= 4 is 93.1 Å². The Kier molecular flexibility index (Phi) is 9.41. The molecule has 0 amide bonds. The molecule has 0 saturated heterocycles. The molecule has 0 aromatic heterocycles. The van der Waals surface area contributed by atoms with Crippen molar-refractivity contribution in [2.45, 2.75) is 0 Å². The molecule has 0 fully saturated rings. The predicted molar refractivity (Wildman–Crippen MR) is 154 cm³/mol. The average Bonchev–Trinajstić information content (AvgIpc) is 2.92. The molecule has 0 spiro atoms. The highest BCUT2D eigenvalue weighted by Gasteiger charge is 2.28. The van der Waals surface area contributed by atoms with E-state index in [1.54, 1.807) is 24.3 Å². The highest BCUT2D eigenvalue weighted by atomic mass is 35.5. The van der Waals surface area contributed by atoms with E-state index >= 15 is 0 Å². The number of halogens is 6. The molecule has 40 heavy (non-hydrogen) atoms. The maximum Gasteiger partial charge on any atom is 0.387 e. The minimum atomic E-state index is -1.22. The fraction of sp³-hybridized carbons (Fsp3) is 0. The average molecular weight is 657 g/mol. The van der Waals surface area contributed by atoms with E-state index in [9.17, 15) is 19.2 Å². The molecule has 0 atom stereocenters. The summed E-state index contributed by atoms with van der Waals surface area (Å²) < 4.78 is 0. The van der Waals surface area contributed by atoms with Crippen molar-refractivity contribution in [2.75, 3.05) is 0 Å². The molecule has 6 nitrogen and oxygen atoms in total. The van der Waals surface area contributed by atoms with Gasteiger partial charge in [-0.1, -0.05) is 93.9 Å². The monoisotopic (exact) mass is 654 g/mol. The lowest BCUT2D eigenvalue weighted by Crippen LogP contribution is -2.15. The van der Waals surface area contributed by atoms with Crippen molar-refractivity contribution in [1.29, 1.82) is 0 Å². The van der Waals surface area contributed by atoms with Gasteiger partial charge >= 0.3 is 11.9 Å². The zero-order chi connectivity index (χ0) is 29.1. The second kappa shape index (κ2) is 12.6. The molecular formula is C28H12Cl6O6. The Morgan fingerprint density at radius 3 is 1.12 bits per heavy atom. The van der Waals surface area contributed by atoms with Gasteiger partial charge in [0, 0.05) is 11.1 Å². The van der Waals surface area contributed by atoms with E-state index in [2.05, 4.69) is 9.78 Å². The quantitative estimate of drug-likeness (QED) is 0.117. The predicted octanol–water partition coefficient (Wildman–Crippen LogP) is 9.00. The van der Waals surface area contributed by atoms with Gasteiger partial charge in [0.05, 0.1) is 52.4 Å². The molecule has 0 saturated carbocycles. The van der Waals surface area contributed by atoms with Crippen LogP contribution in [0.25, 0.3) is 0 Å². The topological polar surface area (TPSA) is 86.7 Å². The molecule has 0 aliphatic heterocycles. The molecule has 4 aromatic carbocycles. The summed E-state index contributed by atoms with van der Waals surface area (Å²) >= 11 is 37.3. The third-order valence-electron chi connectivity index (χ3n) is 5.51. The first kappa shape index (κ1) is 29.9. The fourth-order valence-corrected chi connectivity index (χ4v) is 5.24. The van der Waals surface area contributed by atoms with Crippen LogP contribution in [0.4, 0.5) is 0 Å². The van der Waals surface area contributed by atoms with Crippen molar-refractivity contribution in [1.82, 2.24) is 0 Å². The van der Waals surface area contributed by atoms with Crippen LogP contribution >= 0.6 is 69.6 Å². The van der Waals surface area contributed by atoms with Gasteiger partial charge in [0.25, 0.3) is 0 Å². The smallest absolute Gasteiger partial charge is 0.288 e. The van der Waals surface area contributed by atoms with Crippen LogP contribution in [0.5, 0.6) is 0 Å². The van der Waals surface area contributed by atoms with Crippen LogP contribution in [0.15, 0.2) is 72.8 Å². The Balaban J connectivity index is 1.57. The highest BCUT2D eigenvalue weighted by molar-refractivity contribution is 6.45. The molecule has 0 aliphatic rings. The number of hydrogen-bond acceptors (Lipinski definition) is 6. The molecular weight excluding hydrogens is 645 g/mol. The van der Waals surface area contributed by atoms with Crippen molar-refractivity contribution in [3.8, 4) is 0 Å². The third-order valence-corrected chi connectivity index (χ3v) is 7.58. The van der Waals surface area contributed by atoms with Gasteiger partial charge in [-0.05, 0) is 48.5 Å². The van der Waals surface area contributed by atoms with Gasteiger partial charge in [-0.15, -0.1) is 0 Å². The molecule has 0 N–H and O–H groups in total. The van der Waals surface area contributed by atoms with E-state index in [0.717, 1.165) is 0 Å². The Hall–Kier alpha value is -3.10. The van der Waals surface area contributed by atoms with Crippen LogP contribution in [0.2, 0.25) is 30.1 Å². The summed E-state index contributed by atoms with van der Waals surface area (Å²) in [6.45, 7) is 0. The minimum absolute atomic E-state index is 0.0490. The molecule has 0 aliphatic carbocycles. The van der Waals surface area contributed by atoms with Gasteiger partial charge in [0.15, 0.2) is 11.6 Å². The van der Waals surface area contributed by atoms with Crippen molar-refractivity contribution < 1.29 is 29.0 Å². The van der Waals surface area contributed by atoms with Gasteiger partial charge in [-0.3, -0.25) is 9.59 Å². The molecule has 12 heteroatoms. The van der Waals surface area contributed by atoms with Crippen LogP contribution < -0.4 is 0 Å². The van der Waals surface area contributed by atoms with Crippen LogP contribution in [-0.4, -0.2) is 23.5 Å². The molecule has 0 heterocycles. The van der Waals surface area contributed by atoms with E-state index in [1.807, 2.05) is 0 Å². The number of rotatable bonds is 6. The molecule has 4 aromatic rings. The first-order valence-corrected chi connectivity index (χ1v) is 13.3. The number of ketones is 2. The maximum atomic E-state index is 13.1. The number of carbonyl (C=O) groups excluding carboxylic acids is 4. The summed E-state index contributed by atoms with van der Waals surface area (Å²) in [4.78, 5) is 60.9. The van der Waals surface area contributed by atoms with Gasteiger partial charge in [0.2, 0.25) is 0 Å². The van der Waals surface area contributed by atoms with E-state index < -0.39 is 23.5 Å². The number of benzene rings is 4. The van der Waals surface area contributed by atoms with E-state index in [1.165, 1.54) is 48.5 Å². The second-order valence-electron chi connectivity index (χ2n) is 7.93. The molecule has 0 radical (unpaired) electrons. The first-order chi connectivity index (χ1) is 19.0. The lowest BCUT2D eigenvalue weighted by Gasteiger charge is -2.12. The fourth-order valence-electron chi connectivity index (χ4n) is 3.56. The summed E-state index contributed by atoms with van der Waals surface area (Å²) in [6, 6.07) is 17.2. The van der Waals surface area contributed by atoms with Crippen molar-refractivity contribution in [2.24, 2.45) is 0 Å². The molecule has 0 unspecified atom stereocenters. The van der Waals surface area contributed by atoms with Crippen LogP contribution in [0.3, 0.4) is 0 Å².